The van der Waals surface area contributed by atoms with E-state index in [9.17, 15) is 0 Å². The van der Waals surface area contributed by atoms with Gasteiger partial charge in [0.2, 0.25) is 0 Å². The van der Waals surface area contributed by atoms with Gasteiger partial charge < -0.3 is 4.42 Å². The lowest BCUT2D eigenvalue weighted by molar-refractivity contribution is 0.668. The molecule has 114 valence electrons. The maximum atomic E-state index is 5.98. The van der Waals surface area contributed by atoms with E-state index in [1.165, 1.54) is 5.19 Å². The largest absolute Gasteiger partial charge is 0.456 e. The summed E-state index contributed by atoms with van der Waals surface area (Å²) in [5, 5.41) is 3.64. The fraction of sp³-hybridized carbons (Fsp3) is 0.150. The zero-order valence-electron chi connectivity index (χ0n) is 13.6. The van der Waals surface area contributed by atoms with Crippen molar-refractivity contribution in [3.63, 3.8) is 0 Å². The Kier molecular flexibility index (Phi) is 3.13. The number of fused-ring (bicyclic) bond motifs is 3. The summed E-state index contributed by atoms with van der Waals surface area (Å²) in [6.07, 6.45) is 1.93. The molecule has 0 aliphatic rings. The van der Waals surface area contributed by atoms with Gasteiger partial charge in [-0.25, -0.2) is 0 Å². The highest BCUT2D eigenvalue weighted by Crippen LogP contribution is 2.30. The molecule has 2 nitrogen and oxygen atoms in total. The van der Waals surface area contributed by atoms with E-state index < -0.39 is 8.07 Å². The lowest BCUT2D eigenvalue weighted by Crippen LogP contribution is -2.37. The maximum Gasteiger partial charge on any atom is 0.139 e. The topological polar surface area (TPSA) is 26.0 Å². The molecule has 0 bridgehead atoms. The molecule has 4 aromatic rings. The molecule has 0 amide bonds. The van der Waals surface area contributed by atoms with Gasteiger partial charge in [0.05, 0.1) is 13.8 Å². The predicted molar refractivity (Wildman–Crippen MR) is 99.9 cm³/mol. The van der Waals surface area contributed by atoms with Crippen molar-refractivity contribution < 1.29 is 4.42 Å². The van der Waals surface area contributed by atoms with Crippen LogP contribution < -0.4 is 5.19 Å². The van der Waals surface area contributed by atoms with Gasteiger partial charge in [-0.2, -0.15) is 0 Å². The summed E-state index contributed by atoms with van der Waals surface area (Å²) >= 11 is 0. The molecule has 0 fully saturated rings. The molecule has 2 heterocycles. The first-order valence-corrected chi connectivity index (χ1v) is 11.4. The van der Waals surface area contributed by atoms with Gasteiger partial charge in [-0.1, -0.05) is 67.3 Å². The van der Waals surface area contributed by atoms with Crippen molar-refractivity contribution in [2.45, 2.75) is 19.6 Å². The number of nitrogens with zero attached hydrogens (tertiary/aromatic N) is 1. The average Bonchev–Trinajstić information content (AvgIpc) is 2.92. The summed E-state index contributed by atoms with van der Waals surface area (Å²) in [6.45, 7) is 7.09. The minimum atomic E-state index is -1.33. The van der Waals surface area contributed by atoms with Gasteiger partial charge in [0, 0.05) is 28.6 Å². The Morgan fingerprint density at radius 2 is 1.65 bits per heavy atom. The van der Waals surface area contributed by atoms with Crippen LogP contribution in [-0.2, 0) is 0 Å². The van der Waals surface area contributed by atoms with E-state index in [2.05, 4.69) is 61.0 Å². The Labute approximate surface area is 136 Å². The van der Waals surface area contributed by atoms with Crippen LogP contribution in [0.5, 0.6) is 0 Å². The lowest BCUT2D eigenvalue weighted by atomic mass is 10.1. The van der Waals surface area contributed by atoms with Crippen LogP contribution in [0.2, 0.25) is 19.6 Å². The summed E-state index contributed by atoms with van der Waals surface area (Å²) < 4.78 is 5.98. The quantitative estimate of drug-likeness (QED) is 0.475. The number of hydrogen-bond acceptors (Lipinski definition) is 2. The molecular weight excluding hydrogens is 298 g/mol. The number of benzene rings is 2. The molecule has 2 aromatic carbocycles. The minimum Gasteiger partial charge on any atom is -0.456 e. The third-order valence-electron chi connectivity index (χ3n) is 4.29. The number of para-hydroxylation sites is 1. The van der Waals surface area contributed by atoms with Crippen LogP contribution in [0.25, 0.3) is 33.2 Å². The molecule has 0 radical (unpaired) electrons. The number of furan rings is 1. The fourth-order valence-corrected chi connectivity index (χ4v) is 4.11. The van der Waals surface area contributed by atoms with E-state index >= 15 is 0 Å². The highest BCUT2D eigenvalue weighted by molar-refractivity contribution is 6.88. The molecule has 23 heavy (non-hydrogen) atoms. The standard InChI is InChI=1S/C20H19NOSi/c1-23(2,3)15-8-6-7-14(11-15)18-12-20-17(13-21-18)16-9-4-5-10-19(16)22-20/h4-13H,1-3H3. The minimum absolute atomic E-state index is 0.898. The second-order valence-corrected chi connectivity index (χ2v) is 12.1. The van der Waals surface area contributed by atoms with Crippen LogP contribution in [0.1, 0.15) is 0 Å². The first kappa shape index (κ1) is 14.2. The zero-order valence-corrected chi connectivity index (χ0v) is 14.6. The summed E-state index contributed by atoms with van der Waals surface area (Å²) in [6, 6.07) is 18.9. The SMILES string of the molecule is C[Si](C)(C)c1cccc(-c2cc3oc4ccccc4c3cn2)c1. The van der Waals surface area contributed by atoms with E-state index in [1.807, 2.05) is 24.4 Å². The molecular formula is C20H19NOSi. The molecule has 2 aromatic heterocycles. The molecule has 0 atom stereocenters. The van der Waals surface area contributed by atoms with Crippen molar-refractivity contribution in [3.8, 4) is 11.3 Å². The van der Waals surface area contributed by atoms with E-state index in [-0.39, 0.29) is 0 Å². The first-order valence-electron chi connectivity index (χ1n) is 7.90. The Bertz CT molecular complexity index is 1010. The lowest BCUT2D eigenvalue weighted by Gasteiger charge is -2.17. The van der Waals surface area contributed by atoms with E-state index in [0.717, 1.165) is 33.2 Å². The molecule has 0 spiro atoms. The summed E-state index contributed by atoms with van der Waals surface area (Å²) in [4.78, 5) is 4.68. The normalized spacial score (nSPS) is 12.1. The second kappa shape index (κ2) is 5.07. The van der Waals surface area contributed by atoms with Gasteiger partial charge in [0.1, 0.15) is 11.2 Å². The third kappa shape index (κ3) is 2.47. The van der Waals surface area contributed by atoms with Gasteiger partial charge >= 0.3 is 0 Å². The Balaban J connectivity index is 1.88. The van der Waals surface area contributed by atoms with Gasteiger partial charge in [-0.3, -0.25) is 4.98 Å². The number of aromatic nitrogens is 1. The van der Waals surface area contributed by atoms with Crippen molar-refractivity contribution >= 4 is 35.2 Å². The molecule has 0 unspecified atom stereocenters. The maximum absolute atomic E-state index is 5.98. The summed E-state index contributed by atoms with van der Waals surface area (Å²) in [7, 11) is -1.33. The van der Waals surface area contributed by atoms with E-state index in [1.54, 1.807) is 0 Å². The monoisotopic (exact) mass is 317 g/mol. The van der Waals surface area contributed by atoms with Crippen LogP contribution in [0.15, 0.2) is 65.2 Å². The summed E-state index contributed by atoms with van der Waals surface area (Å²) in [5.74, 6) is 0. The molecule has 0 N–H and O–H groups in total. The molecule has 0 saturated carbocycles. The Morgan fingerprint density at radius 3 is 2.48 bits per heavy atom. The van der Waals surface area contributed by atoms with E-state index in [0.29, 0.717) is 0 Å². The molecule has 4 rings (SSSR count). The fourth-order valence-electron chi connectivity index (χ4n) is 2.92. The molecule has 0 saturated heterocycles. The van der Waals surface area contributed by atoms with Gasteiger partial charge in [0.15, 0.2) is 0 Å². The van der Waals surface area contributed by atoms with Crippen molar-refractivity contribution in [1.29, 1.82) is 0 Å². The third-order valence-corrected chi connectivity index (χ3v) is 6.33. The van der Waals surface area contributed by atoms with Gasteiger partial charge in [-0.15, -0.1) is 0 Å². The van der Waals surface area contributed by atoms with Crippen LogP contribution in [0.4, 0.5) is 0 Å². The van der Waals surface area contributed by atoms with Gasteiger partial charge in [-0.05, 0) is 6.07 Å². The Hall–Kier alpha value is -2.39. The van der Waals surface area contributed by atoms with Crippen molar-refractivity contribution in [2.75, 3.05) is 0 Å². The van der Waals surface area contributed by atoms with Crippen LogP contribution >= 0.6 is 0 Å². The first-order chi connectivity index (χ1) is 11.0. The average molecular weight is 317 g/mol. The van der Waals surface area contributed by atoms with Crippen LogP contribution in [-0.4, -0.2) is 13.1 Å². The van der Waals surface area contributed by atoms with E-state index in [4.69, 9.17) is 4.42 Å². The van der Waals surface area contributed by atoms with Crippen LogP contribution in [0.3, 0.4) is 0 Å². The molecule has 0 aliphatic heterocycles. The number of hydrogen-bond donors (Lipinski definition) is 0. The van der Waals surface area contributed by atoms with Crippen molar-refractivity contribution in [3.05, 3.63) is 60.8 Å². The highest BCUT2D eigenvalue weighted by Gasteiger charge is 2.17. The van der Waals surface area contributed by atoms with Crippen LogP contribution in [0, 0.1) is 0 Å². The molecule has 3 heteroatoms. The van der Waals surface area contributed by atoms with Crippen molar-refractivity contribution in [2.24, 2.45) is 0 Å². The number of pyridine rings is 1. The Morgan fingerprint density at radius 1 is 0.826 bits per heavy atom. The predicted octanol–water partition coefficient (Wildman–Crippen LogP) is 5.19. The smallest absolute Gasteiger partial charge is 0.139 e. The highest BCUT2D eigenvalue weighted by atomic mass is 28.3. The summed E-state index contributed by atoms with van der Waals surface area (Å²) in [5.41, 5.74) is 3.94. The van der Waals surface area contributed by atoms with Gasteiger partial charge in [0.25, 0.3) is 0 Å². The second-order valence-electron chi connectivity index (χ2n) is 6.99. The number of rotatable bonds is 2. The van der Waals surface area contributed by atoms with Crippen molar-refractivity contribution in [1.82, 2.24) is 4.98 Å². The molecule has 0 aliphatic carbocycles. The zero-order chi connectivity index (χ0) is 16.0.